The smallest absolute Gasteiger partial charge is 0.298 e. The Bertz CT molecular complexity index is 2390. The van der Waals surface area contributed by atoms with E-state index in [1.165, 1.54) is 0 Å². The predicted molar refractivity (Wildman–Crippen MR) is 198 cm³/mol. The third kappa shape index (κ3) is 6.99. The fourth-order valence-corrected chi connectivity index (χ4v) is 6.78. The molecule has 4 heterocycles. The maximum atomic E-state index is 13.5. The standard InChI is InChI=1S/C37H44N12O4/c1-7-48-30(18-22(3)42-48)34(52)40-36-44(5)28-20-24(32(38)50)12-14-26(28)46(36)16-10-9-11-17-47-27-15-13-25(33(39)51)21-29(27)45(6)37(47)41-35(53)31-19-23(4)43-49(31)8-2/h12-15,18-21H,7-11,16-17H2,1-6H3,(H2,38,50)(H2,39,51)/b40-36+,41-37+. The number of amides is 4. The maximum absolute atomic E-state index is 13.5. The Balaban J connectivity index is 1.31. The van der Waals surface area contributed by atoms with Gasteiger partial charge in [0.25, 0.3) is 11.8 Å². The van der Waals surface area contributed by atoms with Gasteiger partial charge in [0, 0.05) is 51.4 Å². The summed E-state index contributed by atoms with van der Waals surface area (Å²) in [5.41, 5.74) is 18.0. The topological polar surface area (TPSA) is 200 Å². The lowest BCUT2D eigenvalue weighted by Crippen LogP contribution is -2.27. The van der Waals surface area contributed by atoms with E-state index in [9.17, 15) is 19.2 Å². The zero-order valence-electron chi connectivity index (χ0n) is 30.8. The second kappa shape index (κ2) is 14.7. The van der Waals surface area contributed by atoms with Crippen molar-refractivity contribution >= 4 is 45.7 Å². The van der Waals surface area contributed by atoms with Crippen molar-refractivity contribution in [3.05, 3.63) is 93.7 Å². The van der Waals surface area contributed by atoms with Crippen molar-refractivity contribution in [1.82, 2.24) is 37.8 Å². The lowest BCUT2D eigenvalue weighted by molar-refractivity contribution is 0.0977. The highest BCUT2D eigenvalue weighted by Crippen LogP contribution is 2.19. The average Bonchev–Trinajstić information content (AvgIpc) is 3.86. The number of aromatic nitrogens is 8. The van der Waals surface area contributed by atoms with Crippen LogP contribution in [0.3, 0.4) is 0 Å². The Morgan fingerprint density at radius 3 is 1.36 bits per heavy atom. The Labute approximate surface area is 304 Å². The number of nitrogens with zero attached hydrogens (tertiary/aromatic N) is 10. The van der Waals surface area contributed by atoms with Crippen LogP contribution in [0.15, 0.2) is 58.5 Å². The van der Waals surface area contributed by atoms with Gasteiger partial charge in [0.1, 0.15) is 11.4 Å². The third-order valence-electron chi connectivity index (χ3n) is 9.42. The van der Waals surface area contributed by atoms with Gasteiger partial charge in [-0.05, 0) is 95.5 Å². The number of hydrogen-bond acceptors (Lipinski definition) is 6. The first-order chi connectivity index (χ1) is 25.3. The van der Waals surface area contributed by atoms with Crippen LogP contribution in [-0.4, -0.2) is 61.5 Å². The van der Waals surface area contributed by atoms with Gasteiger partial charge in [0.15, 0.2) is 0 Å². The van der Waals surface area contributed by atoms with Crippen molar-refractivity contribution in [3.8, 4) is 0 Å². The molecule has 2 aromatic carbocycles. The summed E-state index contributed by atoms with van der Waals surface area (Å²) in [6.07, 6.45) is 2.22. The van der Waals surface area contributed by atoms with Gasteiger partial charge in [-0.1, -0.05) is 0 Å². The molecule has 0 spiro atoms. The number of carbonyl (C=O) groups excluding carboxylic acids is 4. The second-order valence-corrected chi connectivity index (χ2v) is 13.0. The highest BCUT2D eigenvalue weighted by Gasteiger charge is 2.19. The summed E-state index contributed by atoms with van der Waals surface area (Å²) in [5.74, 6) is -1.94. The van der Waals surface area contributed by atoms with E-state index in [1.54, 1.807) is 69.0 Å². The number of benzene rings is 2. The number of rotatable bonds is 12. The molecule has 16 heteroatoms. The van der Waals surface area contributed by atoms with Crippen molar-refractivity contribution in [1.29, 1.82) is 0 Å². The van der Waals surface area contributed by atoms with E-state index in [4.69, 9.17) is 11.5 Å². The molecule has 6 aromatic rings. The van der Waals surface area contributed by atoms with Crippen molar-refractivity contribution < 1.29 is 19.2 Å². The van der Waals surface area contributed by atoms with Gasteiger partial charge < -0.3 is 29.7 Å². The van der Waals surface area contributed by atoms with Gasteiger partial charge in [-0.15, -0.1) is 0 Å². The molecule has 0 aliphatic rings. The Morgan fingerprint density at radius 1 is 0.604 bits per heavy atom. The van der Waals surface area contributed by atoms with Crippen molar-refractivity contribution in [3.63, 3.8) is 0 Å². The zero-order chi connectivity index (χ0) is 38.1. The lowest BCUT2D eigenvalue weighted by atomic mass is 10.2. The second-order valence-electron chi connectivity index (χ2n) is 13.0. The van der Waals surface area contributed by atoms with Gasteiger partial charge in [-0.3, -0.25) is 28.5 Å². The van der Waals surface area contributed by atoms with Crippen molar-refractivity contribution in [2.24, 2.45) is 35.5 Å². The number of carbonyl (C=O) groups is 4. The Morgan fingerprint density at radius 2 is 1.00 bits per heavy atom. The fourth-order valence-electron chi connectivity index (χ4n) is 6.78. The molecule has 0 unspecified atom stereocenters. The SMILES string of the molecule is CCn1nc(C)cc1C(=O)/N=c1\n(C)c2cc(C(N)=O)ccc2n1CCCCCn1/c(=N/C(=O)c2cc(C)nn2CC)n(C)c2cc(C(N)=O)ccc21. The van der Waals surface area contributed by atoms with E-state index >= 15 is 0 Å². The van der Waals surface area contributed by atoms with Gasteiger partial charge >= 0.3 is 0 Å². The lowest BCUT2D eigenvalue weighted by Gasteiger charge is -2.08. The molecule has 4 aromatic heterocycles. The predicted octanol–water partition coefficient (Wildman–Crippen LogP) is 2.87. The maximum Gasteiger partial charge on any atom is 0.298 e. The minimum absolute atomic E-state index is 0.354. The first kappa shape index (κ1) is 36.5. The van der Waals surface area contributed by atoms with Gasteiger partial charge in [-0.2, -0.15) is 20.2 Å². The minimum atomic E-state index is -0.549. The molecule has 0 aliphatic carbocycles. The van der Waals surface area contributed by atoms with Gasteiger partial charge in [0.2, 0.25) is 23.1 Å². The molecule has 4 amide bonds. The summed E-state index contributed by atoms with van der Waals surface area (Å²) in [6, 6.07) is 13.8. The number of unbranched alkanes of at least 4 members (excludes halogenated alkanes) is 2. The molecule has 53 heavy (non-hydrogen) atoms. The quantitative estimate of drug-likeness (QED) is 0.182. The van der Waals surface area contributed by atoms with Crippen LogP contribution in [0.25, 0.3) is 22.1 Å². The molecular weight excluding hydrogens is 676 g/mol. The van der Waals surface area contributed by atoms with E-state index in [-0.39, 0.29) is 0 Å². The molecule has 0 aliphatic heterocycles. The summed E-state index contributed by atoms with van der Waals surface area (Å²) in [6.45, 7) is 9.60. The molecular formula is C37H44N12O4. The molecule has 0 radical (unpaired) electrons. The van der Waals surface area contributed by atoms with Crippen molar-refractivity contribution in [2.45, 2.75) is 73.1 Å². The number of primary amides is 2. The number of nitrogens with two attached hydrogens (primary N) is 2. The first-order valence-corrected chi connectivity index (χ1v) is 17.6. The summed E-state index contributed by atoms with van der Waals surface area (Å²) in [4.78, 5) is 60.2. The third-order valence-corrected chi connectivity index (χ3v) is 9.42. The minimum Gasteiger partial charge on any atom is -0.366 e. The highest BCUT2D eigenvalue weighted by molar-refractivity contribution is 5.98. The van der Waals surface area contributed by atoms with Crippen LogP contribution in [0.4, 0.5) is 0 Å². The fraction of sp³-hybridized carbons (Fsp3) is 0.351. The van der Waals surface area contributed by atoms with E-state index in [2.05, 4.69) is 20.2 Å². The van der Waals surface area contributed by atoms with E-state index in [0.29, 0.717) is 71.0 Å². The summed E-state index contributed by atoms with van der Waals surface area (Å²) >= 11 is 0. The molecule has 0 saturated carbocycles. The highest BCUT2D eigenvalue weighted by atomic mass is 16.2. The first-order valence-electron chi connectivity index (χ1n) is 17.6. The molecule has 0 fully saturated rings. The normalized spacial score (nSPS) is 12.4. The molecule has 0 atom stereocenters. The van der Waals surface area contributed by atoms with Crippen LogP contribution < -0.4 is 22.7 Å². The molecule has 6 rings (SSSR count). The largest absolute Gasteiger partial charge is 0.366 e. The van der Waals surface area contributed by atoms with Crippen LogP contribution in [0, 0.1) is 13.8 Å². The average molecular weight is 721 g/mol. The molecule has 4 N–H and O–H groups in total. The Hall–Kier alpha value is -6.32. The van der Waals surface area contributed by atoms with Crippen LogP contribution >= 0.6 is 0 Å². The van der Waals surface area contributed by atoms with E-state index < -0.39 is 23.6 Å². The van der Waals surface area contributed by atoms with E-state index in [0.717, 1.165) is 41.7 Å². The summed E-state index contributed by atoms with van der Waals surface area (Å²) < 4.78 is 10.8. The van der Waals surface area contributed by atoms with Crippen LogP contribution in [-0.2, 0) is 40.3 Å². The number of imidazole rings is 2. The zero-order valence-corrected chi connectivity index (χ0v) is 30.8. The van der Waals surface area contributed by atoms with Gasteiger partial charge in [0.05, 0.1) is 33.5 Å². The number of aryl methyl sites for hydroxylation is 8. The van der Waals surface area contributed by atoms with Gasteiger partial charge in [-0.25, -0.2) is 0 Å². The summed E-state index contributed by atoms with van der Waals surface area (Å²) in [7, 11) is 3.61. The van der Waals surface area contributed by atoms with Crippen LogP contribution in [0.5, 0.6) is 0 Å². The summed E-state index contributed by atoms with van der Waals surface area (Å²) in [5, 5.41) is 8.80. The number of fused-ring (bicyclic) bond motifs is 2. The molecule has 16 nitrogen and oxygen atoms in total. The van der Waals surface area contributed by atoms with E-state index in [1.807, 2.05) is 49.0 Å². The van der Waals surface area contributed by atoms with Crippen LogP contribution in [0.1, 0.15) is 86.2 Å². The molecule has 276 valence electrons. The number of hydrogen-bond donors (Lipinski definition) is 2. The van der Waals surface area contributed by atoms with Crippen molar-refractivity contribution in [2.75, 3.05) is 0 Å². The monoisotopic (exact) mass is 720 g/mol. The molecule has 0 saturated heterocycles. The van der Waals surface area contributed by atoms with Crippen LogP contribution in [0.2, 0.25) is 0 Å². The Kier molecular flexibility index (Phi) is 10.1. The molecule has 0 bridgehead atoms.